The Balaban J connectivity index is 1.59. The molecule has 3 aromatic carbocycles. The molecule has 0 spiro atoms. The minimum absolute atomic E-state index is 0.0396. The average molecular weight is 613 g/mol. The number of carboxylic acid groups (broad SMARTS) is 2. The van der Waals surface area contributed by atoms with Crippen LogP contribution in [0, 0.1) is 0 Å². The number of hydrogen-bond acceptors (Lipinski definition) is 5. The maximum atomic E-state index is 12.0. The van der Waals surface area contributed by atoms with Crippen LogP contribution in [0.2, 0.25) is 0 Å². The van der Waals surface area contributed by atoms with Crippen LogP contribution in [0.3, 0.4) is 0 Å². The van der Waals surface area contributed by atoms with Gasteiger partial charge in [-0.2, -0.15) is 0 Å². The molecule has 0 aromatic heterocycles. The molecule has 0 aliphatic heterocycles. The minimum Gasteiger partial charge on any atom is -0.493 e. The largest absolute Gasteiger partial charge is 0.493 e. The molecule has 3 aromatic rings. The number of benzene rings is 3. The summed E-state index contributed by atoms with van der Waals surface area (Å²) in [5, 5.41) is 19.5. The smallest absolute Gasteiger partial charge is 0.340 e. The predicted molar refractivity (Wildman–Crippen MR) is 178 cm³/mol. The third-order valence-electron chi connectivity index (χ3n) is 7.07. The summed E-state index contributed by atoms with van der Waals surface area (Å²) in [5.41, 5.74) is 4.07. The van der Waals surface area contributed by atoms with Gasteiger partial charge in [-0.25, -0.2) is 9.59 Å². The Kier molecular flexibility index (Phi) is 14.0. The second kappa shape index (κ2) is 18.1. The number of carbonyl (C=O) groups is 2. The van der Waals surface area contributed by atoms with Gasteiger partial charge in [0.05, 0.1) is 12.2 Å². The van der Waals surface area contributed by atoms with Gasteiger partial charge in [0.25, 0.3) is 0 Å². The van der Waals surface area contributed by atoms with E-state index in [1.807, 2.05) is 67.6 Å². The molecule has 0 bridgehead atoms. The van der Waals surface area contributed by atoms with Crippen LogP contribution in [0.4, 0.5) is 0 Å². The summed E-state index contributed by atoms with van der Waals surface area (Å²) in [6, 6.07) is 20.1. The average Bonchev–Trinajstić information content (AvgIpc) is 2.99. The molecule has 0 amide bonds. The first-order valence-electron chi connectivity index (χ1n) is 15.3. The molecule has 45 heavy (non-hydrogen) atoms. The number of aromatic carboxylic acids is 2. The van der Waals surface area contributed by atoms with E-state index in [2.05, 4.69) is 32.9 Å². The van der Waals surface area contributed by atoms with Gasteiger partial charge in [0.1, 0.15) is 35.2 Å². The van der Waals surface area contributed by atoms with Crippen molar-refractivity contribution in [2.75, 3.05) is 13.2 Å². The lowest BCUT2D eigenvalue weighted by Crippen LogP contribution is -2.12. The lowest BCUT2D eigenvalue weighted by Gasteiger charge is -2.14. The van der Waals surface area contributed by atoms with Crippen molar-refractivity contribution >= 4 is 11.9 Å². The molecule has 238 valence electrons. The Morgan fingerprint density at radius 2 is 1.40 bits per heavy atom. The lowest BCUT2D eigenvalue weighted by atomic mass is 10.1. The molecule has 0 atom stereocenters. The molecule has 0 aliphatic rings. The van der Waals surface area contributed by atoms with Crippen LogP contribution in [0.15, 0.2) is 102 Å². The molecule has 0 radical (unpaired) electrons. The molecule has 0 aliphatic carbocycles. The highest BCUT2D eigenvalue weighted by Gasteiger charge is 2.23. The Labute approximate surface area is 266 Å². The van der Waals surface area contributed by atoms with Gasteiger partial charge in [-0.3, -0.25) is 0 Å². The van der Waals surface area contributed by atoms with Gasteiger partial charge in [-0.15, -0.1) is 0 Å². The Bertz CT molecular complexity index is 1510. The topological polar surface area (TPSA) is 102 Å². The molecule has 7 heteroatoms. The van der Waals surface area contributed by atoms with Crippen LogP contribution in [-0.2, 0) is 6.42 Å². The lowest BCUT2D eigenvalue weighted by molar-refractivity contribution is 0.0647. The van der Waals surface area contributed by atoms with Crippen molar-refractivity contribution in [3.8, 4) is 23.0 Å². The van der Waals surface area contributed by atoms with E-state index >= 15 is 0 Å². The van der Waals surface area contributed by atoms with Crippen LogP contribution in [0.5, 0.6) is 23.0 Å². The summed E-state index contributed by atoms with van der Waals surface area (Å²) in [7, 11) is 0. The molecule has 0 saturated heterocycles. The zero-order valence-electron chi connectivity index (χ0n) is 26.7. The van der Waals surface area contributed by atoms with Gasteiger partial charge in [-0.05, 0) is 108 Å². The first kappa shape index (κ1) is 34.7. The first-order chi connectivity index (χ1) is 21.6. The second-order valence-corrected chi connectivity index (χ2v) is 11.2. The number of ether oxygens (including phenoxy) is 3. The number of rotatable bonds is 18. The van der Waals surface area contributed by atoms with Gasteiger partial charge in [-0.1, -0.05) is 59.2 Å². The van der Waals surface area contributed by atoms with E-state index in [9.17, 15) is 19.8 Å². The molecule has 2 N–H and O–H groups in total. The van der Waals surface area contributed by atoms with Crippen molar-refractivity contribution in [3.05, 3.63) is 118 Å². The Morgan fingerprint density at radius 3 is 2.09 bits per heavy atom. The monoisotopic (exact) mass is 612 g/mol. The standard InChI is InChI=1S/C38H44O7/c1-27(2)12-8-13-28(3)14-9-15-29(4)21-23-44-35-26-33(25-34(37(39)40)36(35)38(41)42)43-22-11-17-30-16-10-20-32(24-30)45-31-18-6-5-7-19-31/h5-7,10,12,14,16,18-21,24-26H,8-9,11,13,15,17,22-23H2,1-4H3,(H,39,40)(H,41,42). The molecule has 0 saturated carbocycles. The minimum atomic E-state index is -1.37. The van der Waals surface area contributed by atoms with Gasteiger partial charge in [0.15, 0.2) is 0 Å². The number of para-hydroxylation sites is 1. The third kappa shape index (κ3) is 12.4. The van der Waals surface area contributed by atoms with E-state index < -0.39 is 17.5 Å². The van der Waals surface area contributed by atoms with Crippen molar-refractivity contribution in [2.24, 2.45) is 0 Å². The highest BCUT2D eigenvalue weighted by Crippen LogP contribution is 2.30. The normalized spacial score (nSPS) is 11.6. The number of carboxylic acids is 2. The summed E-state index contributed by atoms with van der Waals surface area (Å²) in [6.45, 7) is 8.76. The third-order valence-corrected chi connectivity index (χ3v) is 7.07. The van der Waals surface area contributed by atoms with E-state index in [4.69, 9.17) is 14.2 Å². The van der Waals surface area contributed by atoms with Crippen LogP contribution < -0.4 is 14.2 Å². The fourth-order valence-corrected chi connectivity index (χ4v) is 4.64. The second-order valence-electron chi connectivity index (χ2n) is 11.2. The summed E-state index contributed by atoms with van der Waals surface area (Å²) in [4.78, 5) is 24.0. The van der Waals surface area contributed by atoms with Crippen molar-refractivity contribution in [3.63, 3.8) is 0 Å². The van der Waals surface area contributed by atoms with Gasteiger partial charge in [0.2, 0.25) is 0 Å². The van der Waals surface area contributed by atoms with Gasteiger partial charge < -0.3 is 24.4 Å². The molecule has 0 unspecified atom stereocenters. The van der Waals surface area contributed by atoms with Crippen molar-refractivity contribution in [1.82, 2.24) is 0 Å². The van der Waals surface area contributed by atoms with E-state index in [0.717, 1.165) is 48.3 Å². The maximum Gasteiger partial charge on any atom is 0.340 e. The fraction of sp³-hybridized carbons (Fsp3) is 0.316. The van der Waals surface area contributed by atoms with E-state index in [1.54, 1.807) is 0 Å². The summed E-state index contributed by atoms with van der Waals surface area (Å²) < 4.78 is 17.6. The molecule has 0 heterocycles. The number of allylic oxidation sites excluding steroid dienone is 5. The summed E-state index contributed by atoms with van der Waals surface area (Å²) in [6.07, 6.45) is 11.6. The van der Waals surface area contributed by atoms with Crippen molar-refractivity contribution in [2.45, 2.75) is 66.2 Å². The van der Waals surface area contributed by atoms with Crippen molar-refractivity contribution < 1.29 is 34.0 Å². The van der Waals surface area contributed by atoms with Gasteiger partial charge in [0, 0.05) is 6.07 Å². The Hall–Kier alpha value is -4.78. The number of aryl methyl sites for hydroxylation is 1. The quantitative estimate of drug-likeness (QED) is 0.109. The highest BCUT2D eigenvalue weighted by molar-refractivity contribution is 6.04. The van der Waals surface area contributed by atoms with Gasteiger partial charge >= 0.3 is 11.9 Å². The first-order valence-corrected chi connectivity index (χ1v) is 15.3. The number of hydrogen-bond donors (Lipinski definition) is 2. The molecule has 3 rings (SSSR count). The SMILES string of the molecule is CC(C)=CCCC(C)=CCCC(C)=CCOc1cc(OCCCc2cccc(Oc3ccccc3)c2)cc(C(=O)O)c1C(=O)O. The predicted octanol–water partition coefficient (Wildman–Crippen LogP) is 9.68. The summed E-state index contributed by atoms with van der Waals surface area (Å²) in [5.74, 6) is -1.04. The van der Waals surface area contributed by atoms with Crippen LogP contribution >= 0.6 is 0 Å². The van der Waals surface area contributed by atoms with Crippen LogP contribution in [0.25, 0.3) is 0 Å². The van der Waals surface area contributed by atoms with E-state index in [1.165, 1.54) is 23.3 Å². The van der Waals surface area contributed by atoms with E-state index in [0.29, 0.717) is 19.4 Å². The zero-order chi connectivity index (χ0) is 32.6. The maximum absolute atomic E-state index is 12.0. The van der Waals surface area contributed by atoms with Crippen LogP contribution in [0.1, 0.15) is 86.1 Å². The zero-order valence-corrected chi connectivity index (χ0v) is 26.7. The Morgan fingerprint density at radius 1 is 0.711 bits per heavy atom. The fourth-order valence-electron chi connectivity index (χ4n) is 4.64. The van der Waals surface area contributed by atoms with Crippen LogP contribution in [-0.4, -0.2) is 35.4 Å². The molecule has 0 fully saturated rings. The highest BCUT2D eigenvalue weighted by atomic mass is 16.5. The molecular weight excluding hydrogens is 568 g/mol. The molecular formula is C38H44O7. The van der Waals surface area contributed by atoms with E-state index in [-0.39, 0.29) is 23.7 Å². The molecule has 7 nitrogen and oxygen atoms in total. The summed E-state index contributed by atoms with van der Waals surface area (Å²) >= 11 is 0. The van der Waals surface area contributed by atoms with Crippen molar-refractivity contribution in [1.29, 1.82) is 0 Å².